The molecule has 4 fully saturated rings. The number of likely N-dealkylation sites (tertiary alicyclic amines) is 1. The van der Waals surface area contributed by atoms with Crippen LogP contribution in [0.2, 0.25) is 0 Å². The molecule has 2 atom stereocenters. The summed E-state index contributed by atoms with van der Waals surface area (Å²) in [7, 11) is 0. The van der Waals surface area contributed by atoms with Gasteiger partial charge in [-0.05, 0) is 43.9 Å². The molecule has 6 heteroatoms. The smallest absolute Gasteiger partial charge is 0.325 e. The molecule has 2 aliphatic heterocycles. The molecule has 0 aromatic heterocycles. The third kappa shape index (κ3) is 3.23. The SMILES string of the molecule is O=C(CCCN1C(=O)NC2(CCCC2)C1=O)N1CC[C@H]2CCCC[C@@H]2C1. The lowest BCUT2D eigenvalue weighted by atomic mass is 9.75. The van der Waals surface area contributed by atoms with Gasteiger partial charge in [-0.3, -0.25) is 14.5 Å². The number of carbonyl (C=O) groups is 3. The van der Waals surface area contributed by atoms with Gasteiger partial charge in [-0.15, -0.1) is 0 Å². The van der Waals surface area contributed by atoms with E-state index in [1.54, 1.807) is 0 Å². The van der Waals surface area contributed by atoms with Crippen LogP contribution >= 0.6 is 0 Å². The number of urea groups is 1. The second-order valence-corrected chi connectivity index (χ2v) is 8.71. The number of nitrogens with zero attached hydrogens (tertiary/aromatic N) is 2. The molecule has 2 heterocycles. The zero-order valence-electron chi connectivity index (χ0n) is 15.7. The second-order valence-electron chi connectivity index (χ2n) is 8.71. The highest BCUT2D eigenvalue weighted by molar-refractivity contribution is 6.07. The van der Waals surface area contributed by atoms with Gasteiger partial charge in [0.25, 0.3) is 5.91 Å². The van der Waals surface area contributed by atoms with Crippen molar-refractivity contribution in [2.24, 2.45) is 11.8 Å². The van der Waals surface area contributed by atoms with E-state index in [0.29, 0.717) is 25.3 Å². The fraction of sp³-hybridized carbons (Fsp3) is 0.850. The van der Waals surface area contributed by atoms with Gasteiger partial charge in [-0.1, -0.05) is 32.1 Å². The first-order valence-corrected chi connectivity index (χ1v) is 10.5. The van der Waals surface area contributed by atoms with E-state index in [1.165, 1.54) is 30.6 Å². The Hall–Kier alpha value is -1.59. The number of nitrogens with one attached hydrogen (secondary N) is 1. The number of fused-ring (bicyclic) bond motifs is 1. The van der Waals surface area contributed by atoms with Crippen molar-refractivity contribution in [2.45, 2.75) is 76.2 Å². The second kappa shape index (κ2) is 7.20. The lowest BCUT2D eigenvalue weighted by molar-refractivity contribution is -0.135. The van der Waals surface area contributed by atoms with Crippen LogP contribution in [0.4, 0.5) is 4.79 Å². The van der Waals surface area contributed by atoms with Crippen molar-refractivity contribution in [3.05, 3.63) is 0 Å². The summed E-state index contributed by atoms with van der Waals surface area (Å²) in [5.41, 5.74) is -0.635. The van der Waals surface area contributed by atoms with Gasteiger partial charge in [-0.25, -0.2) is 4.79 Å². The van der Waals surface area contributed by atoms with Gasteiger partial charge in [0.1, 0.15) is 5.54 Å². The standard InChI is InChI=1S/C20H31N3O3/c24-17(22-13-9-15-6-1-2-7-16(15)14-22)8-5-12-23-18(25)20(21-19(23)26)10-3-4-11-20/h15-16H,1-14H2,(H,21,26)/t15-,16-/m1/s1. The summed E-state index contributed by atoms with van der Waals surface area (Å²) < 4.78 is 0. The molecule has 0 radical (unpaired) electrons. The maximum atomic E-state index is 12.6. The molecule has 2 saturated heterocycles. The summed E-state index contributed by atoms with van der Waals surface area (Å²) in [4.78, 5) is 40.7. The largest absolute Gasteiger partial charge is 0.342 e. The van der Waals surface area contributed by atoms with Crippen molar-refractivity contribution in [3.63, 3.8) is 0 Å². The van der Waals surface area contributed by atoms with E-state index >= 15 is 0 Å². The van der Waals surface area contributed by atoms with Crippen molar-refractivity contribution in [1.29, 1.82) is 0 Å². The van der Waals surface area contributed by atoms with E-state index in [-0.39, 0.29) is 17.8 Å². The topological polar surface area (TPSA) is 69.7 Å². The summed E-state index contributed by atoms with van der Waals surface area (Å²) in [6.07, 6.45) is 10.9. The maximum absolute atomic E-state index is 12.6. The third-order valence-corrected chi connectivity index (χ3v) is 7.12. The van der Waals surface area contributed by atoms with E-state index in [2.05, 4.69) is 5.32 Å². The molecule has 2 aliphatic carbocycles. The van der Waals surface area contributed by atoms with Crippen LogP contribution in [0.3, 0.4) is 0 Å². The number of piperidine rings is 1. The molecule has 0 aromatic carbocycles. The van der Waals surface area contributed by atoms with Gasteiger partial charge in [0, 0.05) is 26.1 Å². The predicted octanol–water partition coefficient (Wildman–Crippen LogP) is 2.67. The Balaban J connectivity index is 1.25. The lowest BCUT2D eigenvalue weighted by Gasteiger charge is -2.41. The minimum Gasteiger partial charge on any atom is -0.342 e. The maximum Gasteiger partial charge on any atom is 0.325 e. The van der Waals surface area contributed by atoms with Crippen LogP contribution < -0.4 is 5.32 Å². The van der Waals surface area contributed by atoms with Crippen LogP contribution in [-0.2, 0) is 9.59 Å². The Labute approximate surface area is 155 Å². The first-order chi connectivity index (χ1) is 12.6. The average Bonchev–Trinajstić information content (AvgIpc) is 3.21. The summed E-state index contributed by atoms with van der Waals surface area (Å²) in [5.74, 6) is 1.63. The molecule has 4 rings (SSSR count). The summed E-state index contributed by atoms with van der Waals surface area (Å²) in [6.45, 7) is 2.15. The molecule has 2 saturated carbocycles. The van der Waals surface area contributed by atoms with Crippen LogP contribution in [-0.4, -0.2) is 52.8 Å². The van der Waals surface area contributed by atoms with Crippen LogP contribution in [0.15, 0.2) is 0 Å². The average molecular weight is 361 g/mol. The normalized spacial score (nSPS) is 30.6. The van der Waals surface area contributed by atoms with E-state index in [9.17, 15) is 14.4 Å². The zero-order chi connectivity index (χ0) is 18.1. The van der Waals surface area contributed by atoms with E-state index in [0.717, 1.165) is 51.1 Å². The fourth-order valence-electron chi connectivity index (χ4n) is 5.57. The monoisotopic (exact) mass is 361 g/mol. The van der Waals surface area contributed by atoms with Crippen LogP contribution in [0.5, 0.6) is 0 Å². The molecule has 4 amide bonds. The fourth-order valence-corrected chi connectivity index (χ4v) is 5.57. The molecular weight excluding hydrogens is 330 g/mol. The minimum absolute atomic E-state index is 0.0736. The highest BCUT2D eigenvalue weighted by Gasteiger charge is 2.52. The number of amides is 4. The van der Waals surface area contributed by atoms with E-state index < -0.39 is 5.54 Å². The lowest BCUT2D eigenvalue weighted by Crippen LogP contribution is -2.45. The number of imide groups is 1. The Morgan fingerprint density at radius 1 is 1.04 bits per heavy atom. The predicted molar refractivity (Wildman–Crippen MR) is 97.3 cm³/mol. The molecule has 0 bridgehead atoms. The van der Waals surface area contributed by atoms with E-state index in [1.807, 2.05) is 4.90 Å². The minimum atomic E-state index is -0.635. The molecule has 0 aromatic rings. The van der Waals surface area contributed by atoms with Crippen molar-refractivity contribution < 1.29 is 14.4 Å². The van der Waals surface area contributed by atoms with Gasteiger partial charge in [0.05, 0.1) is 0 Å². The van der Waals surface area contributed by atoms with Crippen molar-refractivity contribution >= 4 is 17.8 Å². The van der Waals surface area contributed by atoms with E-state index in [4.69, 9.17) is 0 Å². The molecule has 0 unspecified atom stereocenters. The van der Waals surface area contributed by atoms with Crippen molar-refractivity contribution in [1.82, 2.24) is 15.1 Å². The quantitative estimate of drug-likeness (QED) is 0.783. The Morgan fingerprint density at radius 3 is 2.54 bits per heavy atom. The third-order valence-electron chi connectivity index (χ3n) is 7.12. The summed E-state index contributed by atoms with van der Waals surface area (Å²) >= 11 is 0. The first-order valence-electron chi connectivity index (χ1n) is 10.5. The molecule has 4 aliphatic rings. The first kappa shape index (κ1) is 17.8. The molecule has 1 spiro atoms. The molecule has 26 heavy (non-hydrogen) atoms. The molecule has 1 N–H and O–H groups in total. The van der Waals surface area contributed by atoms with Gasteiger partial charge in [0.15, 0.2) is 0 Å². The highest BCUT2D eigenvalue weighted by Crippen LogP contribution is 2.37. The summed E-state index contributed by atoms with van der Waals surface area (Å²) in [6, 6.07) is -0.271. The van der Waals surface area contributed by atoms with Crippen LogP contribution in [0, 0.1) is 11.8 Å². The van der Waals surface area contributed by atoms with Gasteiger partial charge in [0.2, 0.25) is 5.91 Å². The van der Waals surface area contributed by atoms with Crippen molar-refractivity contribution in [3.8, 4) is 0 Å². The molecule has 144 valence electrons. The molecule has 6 nitrogen and oxygen atoms in total. The van der Waals surface area contributed by atoms with Gasteiger partial charge < -0.3 is 10.2 Å². The molecular formula is C20H31N3O3. The van der Waals surface area contributed by atoms with Crippen LogP contribution in [0.25, 0.3) is 0 Å². The van der Waals surface area contributed by atoms with Gasteiger partial charge >= 0.3 is 6.03 Å². The summed E-state index contributed by atoms with van der Waals surface area (Å²) in [5, 5.41) is 2.90. The van der Waals surface area contributed by atoms with Crippen LogP contribution in [0.1, 0.15) is 70.6 Å². The van der Waals surface area contributed by atoms with Gasteiger partial charge in [-0.2, -0.15) is 0 Å². The Kier molecular flexibility index (Phi) is 4.93. The number of hydrogen-bond acceptors (Lipinski definition) is 3. The zero-order valence-corrected chi connectivity index (χ0v) is 15.7. The Bertz CT molecular complexity index is 585. The number of hydrogen-bond donors (Lipinski definition) is 1. The Morgan fingerprint density at radius 2 is 1.77 bits per heavy atom. The number of carbonyl (C=O) groups excluding carboxylic acids is 3. The number of rotatable bonds is 4. The van der Waals surface area contributed by atoms with Crippen molar-refractivity contribution in [2.75, 3.05) is 19.6 Å². The highest BCUT2D eigenvalue weighted by atomic mass is 16.2.